The van der Waals surface area contributed by atoms with Gasteiger partial charge in [0, 0.05) is 13.2 Å². The maximum atomic E-state index is 11.9. The third kappa shape index (κ3) is 2.31. The van der Waals surface area contributed by atoms with Gasteiger partial charge in [-0.1, -0.05) is 11.6 Å². The van der Waals surface area contributed by atoms with Crippen molar-refractivity contribution in [2.45, 2.75) is 0 Å². The largest absolute Gasteiger partial charge is 0.306 e. The molecule has 0 aliphatic heterocycles. The van der Waals surface area contributed by atoms with Gasteiger partial charge in [0.1, 0.15) is 22.6 Å². The fourth-order valence-electron chi connectivity index (χ4n) is 1.36. The lowest BCUT2D eigenvalue weighted by molar-refractivity contribution is 0.102. The normalized spacial score (nSPS) is 9.83. The van der Waals surface area contributed by atoms with E-state index in [2.05, 4.69) is 15.4 Å². The molecule has 0 saturated carbocycles. The Morgan fingerprint density at radius 1 is 1.50 bits per heavy atom. The molecule has 0 atom stereocenters. The van der Waals surface area contributed by atoms with E-state index >= 15 is 0 Å². The number of pyridine rings is 1. The van der Waals surface area contributed by atoms with Crippen molar-refractivity contribution in [2.24, 2.45) is 7.05 Å². The highest BCUT2D eigenvalue weighted by Crippen LogP contribution is 2.14. The van der Waals surface area contributed by atoms with Crippen LogP contribution in [0.1, 0.15) is 15.9 Å². The van der Waals surface area contributed by atoms with Gasteiger partial charge in [-0.25, -0.2) is 4.98 Å². The number of hydrogen-bond acceptors (Lipinski definition) is 4. The summed E-state index contributed by atoms with van der Waals surface area (Å²) in [5, 5.41) is 15.7. The highest BCUT2D eigenvalue weighted by molar-refractivity contribution is 6.29. The number of aromatic nitrogens is 3. The smallest absolute Gasteiger partial charge is 0.258 e. The van der Waals surface area contributed by atoms with Gasteiger partial charge in [0.2, 0.25) is 0 Å². The van der Waals surface area contributed by atoms with Crippen LogP contribution in [-0.4, -0.2) is 20.7 Å². The molecule has 90 valence electrons. The Labute approximate surface area is 108 Å². The van der Waals surface area contributed by atoms with Gasteiger partial charge >= 0.3 is 0 Å². The van der Waals surface area contributed by atoms with Crippen molar-refractivity contribution in [3.05, 3.63) is 40.8 Å². The van der Waals surface area contributed by atoms with Gasteiger partial charge in [-0.05, 0) is 12.1 Å². The first kappa shape index (κ1) is 12.1. The lowest BCUT2D eigenvalue weighted by Crippen LogP contribution is -2.15. The minimum Gasteiger partial charge on any atom is -0.306 e. The van der Waals surface area contributed by atoms with Crippen LogP contribution in [0.5, 0.6) is 0 Å². The highest BCUT2D eigenvalue weighted by Gasteiger charge is 2.13. The van der Waals surface area contributed by atoms with Crippen LogP contribution in [0.2, 0.25) is 5.15 Å². The van der Waals surface area contributed by atoms with Crippen LogP contribution in [0.4, 0.5) is 5.82 Å². The van der Waals surface area contributed by atoms with Crippen LogP contribution in [0.25, 0.3) is 0 Å². The molecule has 2 rings (SSSR count). The van der Waals surface area contributed by atoms with Crippen molar-refractivity contribution in [3.8, 4) is 6.07 Å². The van der Waals surface area contributed by atoms with E-state index in [0.717, 1.165) is 0 Å². The fraction of sp³-hybridized carbons (Fsp3) is 0.0909. The van der Waals surface area contributed by atoms with E-state index in [0.29, 0.717) is 22.1 Å². The van der Waals surface area contributed by atoms with Gasteiger partial charge in [-0.3, -0.25) is 9.48 Å². The Bertz CT molecular complexity index is 626. The number of hydrogen-bond donors (Lipinski definition) is 1. The summed E-state index contributed by atoms with van der Waals surface area (Å²) in [5.74, 6) is -0.0308. The molecular weight excluding hydrogens is 254 g/mol. The maximum absolute atomic E-state index is 11.9. The number of carbonyl (C=O) groups is 1. The summed E-state index contributed by atoms with van der Waals surface area (Å²) in [6.07, 6.45) is 2.75. The fourth-order valence-corrected chi connectivity index (χ4v) is 1.47. The SMILES string of the molecule is Cn1ncc(C#N)c1NC(=O)c1ccc(Cl)nc1. The lowest BCUT2D eigenvalue weighted by atomic mass is 10.2. The number of nitriles is 1. The summed E-state index contributed by atoms with van der Waals surface area (Å²) in [5.41, 5.74) is 0.650. The van der Waals surface area contributed by atoms with E-state index in [4.69, 9.17) is 16.9 Å². The van der Waals surface area contributed by atoms with Gasteiger partial charge in [0.05, 0.1) is 11.8 Å². The van der Waals surface area contributed by atoms with Crippen molar-refractivity contribution < 1.29 is 4.79 Å². The van der Waals surface area contributed by atoms with Gasteiger partial charge < -0.3 is 5.32 Å². The molecule has 0 bridgehead atoms. The molecule has 0 spiro atoms. The van der Waals surface area contributed by atoms with Gasteiger partial charge in [-0.2, -0.15) is 10.4 Å². The highest BCUT2D eigenvalue weighted by atomic mass is 35.5. The first-order chi connectivity index (χ1) is 8.61. The molecule has 0 unspecified atom stereocenters. The van der Waals surface area contributed by atoms with E-state index in [1.54, 1.807) is 13.1 Å². The first-order valence-corrected chi connectivity index (χ1v) is 5.34. The predicted molar refractivity (Wildman–Crippen MR) is 65.1 cm³/mol. The summed E-state index contributed by atoms with van der Waals surface area (Å²) in [6.45, 7) is 0. The molecule has 1 amide bonds. The predicted octanol–water partition coefficient (Wildman–Crippen LogP) is 1.59. The third-order valence-electron chi connectivity index (χ3n) is 2.28. The van der Waals surface area contributed by atoms with Crippen LogP contribution in [0.3, 0.4) is 0 Å². The minimum absolute atomic E-state index is 0.299. The molecule has 1 N–H and O–H groups in total. The van der Waals surface area contributed by atoms with Gasteiger partial charge in [0.15, 0.2) is 0 Å². The standard InChI is InChI=1S/C11H8ClN5O/c1-17-10(8(4-13)6-15-17)16-11(18)7-2-3-9(12)14-5-7/h2-3,5-6H,1H3,(H,16,18). The summed E-state index contributed by atoms with van der Waals surface area (Å²) in [7, 11) is 1.64. The van der Waals surface area contributed by atoms with Crippen LogP contribution in [-0.2, 0) is 7.05 Å². The molecule has 0 aromatic carbocycles. The Morgan fingerprint density at radius 2 is 2.28 bits per heavy atom. The van der Waals surface area contributed by atoms with E-state index in [1.165, 1.54) is 23.1 Å². The van der Waals surface area contributed by atoms with E-state index < -0.39 is 0 Å². The van der Waals surface area contributed by atoms with Crippen molar-refractivity contribution >= 4 is 23.3 Å². The molecule has 0 aliphatic rings. The molecular formula is C11H8ClN5O. The second kappa shape index (κ2) is 4.85. The Hall–Kier alpha value is -2.39. The summed E-state index contributed by atoms with van der Waals surface area (Å²) in [4.78, 5) is 15.7. The van der Waals surface area contributed by atoms with E-state index in [1.807, 2.05) is 6.07 Å². The van der Waals surface area contributed by atoms with Crippen molar-refractivity contribution in [3.63, 3.8) is 0 Å². The molecule has 2 aromatic rings. The summed E-state index contributed by atoms with van der Waals surface area (Å²) >= 11 is 5.63. The van der Waals surface area contributed by atoms with E-state index in [9.17, 15) is 4.79 Å². The lowest BCUT2D eigenvalue weighted by Gasteiger charge is -2.05. The van der Waals surface area contributed by atoms with Gasteiger partial charge in [0.25, 0.3) is 5.91 Å². The van der Waals surface area contributed by atoms with Gasteiger partial charge in [-0.15, -0.1) is 0 Å². The quantitative estimate of drug-likeness (QED) is 0.832. The number of aryl methyl sites for hydroxylation is 1. The molecule has 2 heterocycles. The van der Waals surface area contributed by atoms with Crippen molar-refractivity contribution in [1.82, 2.24) is 14.8 Å². The Morgan fingerprint density at radius 3 is 2.89 bits per heavy atom. The Kier molecular flexibility index (Phi) is 3.26. The number of nitrogens with one attached hydrogen (secondary N) is 1. The molecule has 7 heteroatoms. The van der Waals surface area contributed by atoms with Crippen LogP contribution in [0, 0.1) is 11.3 Å². The summed E-state index contributed by atoms with van der Waals surface area (Å²) in [6, 6.07) is 5.02. The van der Waals surface area contributed by atoms with Crippen LogP contribution in [0.15, 0.2) is 24.5 Å². The average Bonchev–Trinajstić information content (AvgIpc) is 2.71. The number of anilines is 1. The molecule has 0 fully saturated rings. The molecule has 18 heavy (non-hydrogen) atoms. The third-order valence-corrected chi connectivity index (χ3v) is 2.50. The van der Waals surface area contributed by atoms with Crippen molar-refractivity contribution in [2.75, 3.05) is 5.32 Å². The number of amides is 1. The average molecular weight is 262 g/mol. The number of nitrogens with zero attached hydrogens (tertiary/aromatic N) is 4. The number of rotatable bonds is 2. The monoisotopic (exact) mass is 261 g/mol. The van der Waals surface area contributed by atoms with Crippen molar-refractivity contribution in [1.29, 1.82) is 5.26 Å². The second-order valence-corrected chi connectivity index (χ2v) is 3.85. The maximum Gasteiger partial charge on any atom is 0.258 e. The second-order valence-electron chi connectivity index (χ2n) is 3.47. The zero-order chi connectivity index (χ0) is 13.1. The zero-order valence-electron chi connectivity index (χ0n) is 9.38. The zero-order valence-corrected chi connectivity index (χ0v) is 10.1. The topological polar surface area (TPSA) is 83.6 Å². The van der Waals surface area contributed by atoms with E-state index in [-0.39, 0.29) is 5.91 Å². The molecule has 6 nitrogen and oxygen atoms in total. The molecule has 2 aromatic heterocycles. The van der Waals surface area contributed by atoms with Crippen LogP contribution >= 0.6 is 11.6 Å². The summed E-state index contributed by atoms with van der Waals surface area (Å²) < 4.78 is 1.42. The number of carbonyl (C=O) groups excluding carboxylic acids is 1. The Balaban J connectivity index is 2.24. The first-order valence-electron chi connectivity index (χ1n) is 4.97. The van der Waals surface area contributed by atoms with Crippen LogP contribution < -0.4 is 5.32 Å². The molecule has 0 aliphatic carbocycles. The minimum atomic E-state index is -0.376. The molecule has 0 radical (unpaired) electrons. The molecule has 0 saturated heterocycles. The number of halogens is 1.